The van der Waals surface area contributed by atoms with Crippen LogP contribution in [0.3, 0.4) is 0 Å². The van der Waals surface area contributed by atoms with Gasteiger partial charge in [0.2, 0.25) is 5.78 Å². The van der Waals surface area contributed by atoms with Crippen molar-refractivity contribution in [2.75, 3.05) is 0 Å². The molecule has 188 valence electrons. The molecule has 0 saturated carbocycles. The van der Waals surface area contributed by atoms with Gasteiger partial charge in [-0.25, -0.2) is 0 Å². The lowest BCUT2D eigenvalue weighted by Crippen LogP contribution is -2.43. The molecule has 5 N–H and O–H groups in total. The number of aromatic hydroxyl groups is 3. The lowest BCUT2D eigenvalue weighted by molar-refractivity contribution is -0.114. The molecule has 7 rings (SSSR count). The van der Waals surface area contributed by atoms with E-state index >= 15 is 0 Å². The Morgan fingerprint density at radius 2 is 1.58 bits per heavy atom. The van der Waals surface area contributed by atoms with Gasteiger partial charge in [0, 0.05) is 22.5 Å². The predicted octanol–water partition coefficient (Wildman–Crippen LogP) is 3.67. The van der Waals surface area contributed by atoms with Crippen molar-refractivity contribution in [2.45, 2.75) is 25.4 Å². The number of hydrogen-bond donors (Lipinski definition) is 5. The molecule has 8 nitrogen and oxygen atoms in total. The fourth-order valence-corrected chi connectivity index (χ4v) is 7.04. The average molecular weight is 508 g/mol. The number of ketones is 3. The number of aryl methyl sites for hydroxylation is 1. The van der Waals surface area contributed by atoms with Crippen molar-refractivity contribution in [2.24, 2.45) is 5.41 Å². The van der Waals surface area contributed by atoms with Gasteiger partial charge in [0.1, 0.15) is 23.0 Å². The third kappa shape index (κ3) is 2.41. The van der Waals surface area contributed by atoms with Crippen LogP contribution < -0.4 is 0 Å². The van der Waals surface area contributed by atoms with Gasteiger partial charge in [0.05, 0.1) is 28.4 Å². The quantitative estimate of drug-likeness (QED) is 0.241. The van der Waals surface area contributed by atoms with E-state index in [1.807, 2.05) is 0 Å². The second-order valence-electron chi connectivity index (χ2n) is 10.4. The minimum Gasteiger partial charge on any atom is -0.507 e. The van der Waals surface area contributed by atoms with Gasteiger partial charge in [0.25, 0.3) is 0 Å². The molecule has 0 radical (unpaired) electrons. The van der Waals surface area contributed by atoms with Crippen molar-refractivity contribution in [1.29, 1.82) is 0 Å². The Morgan fingerprint density at radius 3 is 2.34 bits per heavy atom. The molecule has 0 heterocycles. The number of hydrogen-bond acceptors (Lipinski definition) is 8. The molecule has 38 heavy (non-hydrogen) atoms. The Balaban J connectivity index is 1.55. The number of carbonyl (C=O) groups excluding carboxylic acids is 3. The summed E-state index contributed by atoms with van der Waals surface area (Å²) in [5.41, 5.74) is -0.395. The van der Waals surface area contributed by atoms with Crippen LogP contribution in [0.25, 0.3) is 5.76 Å². The van der Waals surface area contributed by atoms with E-state index in [9.17, 15) is 39.9 Å². The van der Waals surface area contributed by atoms with Crippen LogP contribution in [0.4, 0.5) is 0 Å². The van der Waals surface area contributed by atoms with Gasteiger partial charge in [-0.15, -0.1) is 0 Å². The van der Waals surface area contributed by atoms with Crippen molar-refractivity contribution in [3.63, 3.8) is 0 Å². The SMILES string of the molecule is Cc1cc(O)c2c(c1)[C@@H](O)[C@@]13Cc4cc(O)c5c(c4[C@@H]1C=CC(=O)C3=C2O)C(=O)c1cccc(O)c1C5=O. The molecule has 0 unspecified atom stereocenters. The topological polar surface area (TPSA) is 152 Å². The normalized spacial score (nSPS) is 24.4. The molecular formula is C30H20O8. The summed E-state index contributed by atoms with van der Waals surface area (Å²) in [6, 6.07) is 8.57. The van der Waals surface area contributed by atoms with Crippen molar-refractivity contribution >= 4 is 23.1 Å². The number of phenols is 3. The Hall–Kier alpha value is -4.69. The highest BCUT2D eigenvalue weighted by Gasteiger charge is 2.61. The number of aliphatic hydroxyl groups is 2. The maximum atomic E-state index is 13.8. The van der Waals surface area contributed by atoms with Crippen LogP contribution in [0.1, 0.15) is 71.7 Å². The molecule has 0 amide bonds. The number of allylic oxidation sites excluding steroid dienone is 2. The summed E-state index contributed by atoms with van der Waals surface area (Å²) in [5, 5.41) is 55.1. The van der Waals surface area contributed by atoms with Crippen LogP contribution >= 0.6 is 0 Å². The van der Waals surface area contributed by atoms with Gasteiger partial charge in [-0.1, -0.05) is 24.3 Å². The first kappa shape index (κ1) is 22.5. The number of aliphatic hydroxyl groups excluding tert-OH is 2. The zero-order valence-corrected chi connectivity index (χ0v) is 19.9. The summed E-state index contributed by atoms with van der Waals surface area (Å²) in [6.45, 7) is 1.72. The largest absolute Gasteiger partial charge is 0.507 e. The minimum absolute atomic E-state index is 0.0131. The number of carbonyl (C=O) groups is 3. The highest BCUT2D eigenvalue weighted by molar-refractivity contribution is 6.31. The van der Waals surface area contributed by atoms with E-state index in [1.54, 1.807) is 19.1 Å². The highest BCUT2D eigenvalue weighted by Crippen LogP contribution is 2.66. The molecule has 3 aromatic rings. The van der Waals surface area contributed by atoms with Crippen LogP contribution in [0.15, 0.2) is 54.1 Å². The van der Waals surface area contributed by atoms with E-state index in [4.69, 9.17) is 0 Å². The monoisotopic (exact) mass is 508 g/mol. The number of benzene rings is 3. The molecule has 3 atom stereocenters. The van der Waals surface area contributed by atoms with Crippen molar-refractivity contribution in [1.82, 2.24) is 0 Å². The molecule has 4 aliphatic rings. The van der Waals surface area contributed by atoms with E-state index in [0.717, 1.165) is 0 Å². The maximum absolute atomic E-state index is 13.8. The summed E-state index contributed by atoms with van der Waals surface area (Å²) in [4.78, 5) is 40.5. The molecule has 0 aliphatic heterocycles. The number of rotatable bonds is 0. The van der Waals surface area contributed by atoms with E-state index in [0.29, 0.717) is 16.7 Å². The highest BCUT2D eigenvalue weighted by atomic mass is 16.3. The standard InChI is InChI=1S/C30H20O8/c1-11-7-14-22(18(33)8-11)28(37)25-17(32)6-5-15-20-12(10-30(15,25)29(14)38)9-19(34)23-24(20)26(35)13-3-2-4-16(31)21(13)27(23)36/h2-9,15,29,31,33-34,37-38H,10H2,1H3/t15-,29+,30-/m0/s1. The Labute approximate surface area is 215 Å². The lowest BCUT2D eigenvalue weighted by atomic mass is 9.57. The number of fused-ring (bicyclic) bond motifs is 6. The van der Waals surface area contributed by atoms with Gasteiger partial charge in [-0.05, 0) is 59.9 Å². The second-order valence-corrected chi connectivity index (χ2v) is 10.4. The predicted molar refractivity (Wildman–Crippen MR) is 133 cm³/mol. The molecule has 0 aromatic heterocycles. The molecule has 0 bridgehead atoms. The van der Waals surface area contributed by atoms with Gasteiger partial charge in [-0.2, -0.15) is 0 Å². The first-order valence-corrected chi connectivity index (χ1v) is 12.1. The van der Waals surface area contributed by atoms with Crippen LogP contribution in [0.5, 0.6) is 17.2 Å². The van der Waals surface area contributed by atoms with Crippen LogP contribution in [-0.4, -0.2) is 42.9 Å². The summed E-state index contributed by atoms with van der Waals surface area (Å²) < 4.78 is 0. The summed E-state index contributed by atoms with van der Waals surface area (Å²) in [5.74, 6) is -4.21. The van der Waals surface area contributed by atoms with E-state index < -0.39 is 46.3 Å². The third-order valence-corrected chi connectivity index (χ3v) is 8.45. The van der Waals surface area contributed by atoms with E-state index in [1.165, 1.54) is 36.4 Å². The Morgan fingerprint density at radius 1 is 0.842 bits per heavy atom. The molecule has 8 heteroatoms. The zero-order chi connectivity index (χ0) is 26.8. The number of phenolic OH excluding ortho intramolecular Hbond substituents is 3. The molecule has 3 aromatic carbocycles. The lowest BCUT2D eigenvalue weighted by Gasteiger charge is -2.46. The molecule has 0 fully saturated rings. The van der Waals surface area contributed by atoms with Crippen LogP contribution in [0.2, 0.25) is 0 Å². The first-order valence-electron chi connectivity index (χ1n) is 12.1. The van der Waals surface area contributed by atoms with Crippen LogP contribution in [-0.2, 0) is 11.2 Å². The van der Waals surface area contributed by atoms with Gasteiger partial charge < -0.3 is 25.5 Å². The van der Waals surface area contributed by atoms with Gasteiger partial charge in [-0.3, -0.25) is 14.4 Å². The second kappa shape index (κ2) is 6.99. The molecule has 1 spiro atoms. The van der Waals surface area contributed by atoms with Crippen LogP contribution in [0, 0.1) is 12.3 Å². The minimum atomic E-state index is -1.45. The summed E-state index contributed by atoms with van der Waals surface area (Å²) in [6.07, 6.45) is 1.42. The smallest absolute Gasteiger partial charge is 0.201 e. The van der Waals surface area contributed by atoms with Gasteiger partial charge in [0.15, 0.2) is 11.6 Å². The van der Waals surface area contributed by atoms with Crippen molar-refractivity contribution in [3.05, 3.63) is 104 Å². The Kier molecular flexibility index (Phi) is 4.14. The summed E-state index contributed by atoms with van der Waals surface area (Å²) >= 11 is 0. The first-order chi connectivity index (χ1) is 18.1. The van der Waals surface area contributed by atoms with Crippen molar-refractivity contribution in [3.8, 4) is 17.2 Å². The maximum Gasteiger partial charge on any atom is 0.201 e. The molecule has 4 aliphatic carbocycles. The third-order valence-electron chi connectivity index (χ3n) is 8.45. The fourth-order valence-electron chi connectivity index (χ4n) is 7.04. The van der Waals surface area contributed by atoms with E-state index in [2.05, 4.69) is 0 Å². The van der Waals surface area contributed by atoms with Crippen molar-refractivity contribution < 1.29 is 39.9 Å². The average Bonchev–Trinajstić information content (AvgIpc) is 3.18. The molecular weight excluding hydrogens is 488 g/mol. The van der Waals surface area contributed by atoms with Gasteiger partial charge >= 0.3 is 0 Å². The summed E-state index contributed by atoms with van der Waals surface area (Å²) in [7, 11) is 0. The molecule has 0 saturated heterocycles. The Bertz CT molecular complexity index is 1780. The van der Waals surface area contributed by atoms with E-state index in [-0.39, 0.29) is 56.9 Å². The fraction of sp³-hybridized carbons (Fsp3) is 0.167. The zero-order valence-electron chi connectivity index (χ0n) is 19.9.